The minimum Gasteiger partial charge on any atom is -0.481 e. The van der Waals surface area contributed by atoms with E-state index in [1.54, 1.807) is 13.8 Å². The monoisotopic (exact) mass is 383 g/mol. The highest BCUT2D eigenvalue weighted by molar-refractivity contribution is 7.14. The number of rotatable bonds is 5. The molecule has 1 heterocycles. The number of hydrogen-bond acceptors (Lipinski definition) is 4. The molecule has 0 amide bonds. The van der Waals surface area contributed by atoms with Gasteiger partial charge in [0.25, 0.3) is 0 Å². The molecule has 0 aliphatic heterocycles. The fraction of sp³-hybridized carbons (Fsp3) is 0.364. The third kappa shape index (κ3) is 3.75. The lowest BCUT2D eigenvalue weighted by molar-refractivity contribution is -0.142. The molecule has 1 N–H and O–H groups in total. The zero-order valence-electron chi connectivity index (χ0n) is 16.2. The number of carbonyl (C=O) groups excluding carboxylic acids is 1. The van der Waals surface area contributed by atoms with Crippen molar-refractivity contribution in [1.82, 2.24) is 4.90 Å². The summed E-state index contributed by atoms with van der Waals surface area (Å²) in [6.07, 6.45) is 3.39. The summed E-state index contributed by atoms with van der Waals surface area (Å²) in [5.41, 5.74) is 2.99. The summed E-state index contributed by atoms with van der Waals surface area (Å²) in [5, 5.41) is 9.61. The number of fused-ring (bicyclic) bond motifs is 2. The SMILES string of the molecule is CN(C)CC/C=C1/c2ccccc2CC(=O)c2sc(C(C)(C)C(=O)O)cc21. The number of carbonyl (C=O) groups is 2. The van der Waals surface area contributed by atoms with E-state index in [0.29, 0.717) is 16.2 Å². The average Bonchev–Trinajstić information content (AvgIpc) is 3.01. The number of nitrogens with zero attached hydrogens (tertiary/aromatic N) is 1. The number of benzene rings is 1. The van der Waals surface area contributed by atoms with Crippen LogP contribution in [0.3, 0.4) is 0 Å². The second-order valence-corrected chi connectivity index (χ2v) is 8.80. The van der Waals surface area contributed by atoms with Crippen LogP contribution < -0.4 is 0 Å². The summed E-state index contributed by atoms with van der Waals surface area (Å²) in [5.74, 6) is -0.823. The molecule has 0 atom stereocenters. The predicted molar refractivity (Wildman–Crippen MR) is 110 cm³/mol. The largest absolute Gasteiger partial charge is 0.481 e. The molecule has 142 valence electrons. The second kappa shape index (κ2) is 7.41. The van der Waals surface area contributed by atoms with Crippen LogP contribution in [0, 0.1) is 0 Å². The molecule has 2 aromatic rings. The number of carboxylic acids is 1. The van der Waals surface area contributed by atoms with Crippen LogP contribution in [0.2, 0.25) is 0 Å². The summed E-state index contributed by atoms with van der Waals surface area (Å²) in [4.78, 5) is 28.2. The van der Waals surface area contributed by atoms with E-state index >= 15 is 0 Å². The van der Waals surface area contributed by atoms with Crippen LogP contribution in [0.5, 0.6) is 0 Å². The molecule has 1 aromatic heterocycles. The second-order valence-electron chi connectivity index (χ2n) is 7.75. The molecule has 0 fully saturated rings. The van der Waals surface area contributed by atoms with Gasteiger partial charge in [-0.3, -0.25) is 9.59 Å². The Hall–Kier alpha value is -2.24. The van der Waals surface area contributed by atoms with Crippen molar-refractivity contribution in [1.29, 1.82) is 0 Å². The van der Waals surface area contributed by atoms with Gasteiger partial charge in [-0.15, -0.1) is 11.3 Å². The summed E-state index contributed by atoms with van der Waals surface area (Å²) >= 11 is 1.32. The highest BCUT2D eigenvalue weighted by Crippen LogP contribution is 2.41. The van der Waals surface area contributed by atoms with Crippen molar-refractivity contribution in [3.05, 3.63) is 62.9 Å². The molecule has 3 rings (SSSR count). The van der Waals surface area contributed by atoms with Gasteiger partial charge >= 0.3 is 5.97 Å². The third-order valence-electron chi connectivity index (χ3n) is 5.01. The van der Waals surface area contributed by atoms with Gasteiger partial charge < -0.3 is 10.0 Å². The van der Waals surface area contributed by atoms with Crippen molar-refractivity contribution in [2.24, 2.45) is 0 Å². The molecule has 0 saturated carbocycles. The highest BCUT2D eigenvalue weighted by atomic mass is 32.1. The van der Waals surface area contributed by atoms with Gasteiger partial charge in [0, 0.05) is 23.4 Å². The number of ketones is 1. The van der Waals surface area contributed by atoms with E-state index < -0.39 is 11.4 Å². The van der Waals surface area contributed by atoms with Crippen molar-refractivity contribution in [2.75, 3.05) is 20.6 Å². The minimum atomic E-state index is -1.02. The molecular formula is C22H25NO3S. The smallest absolute Gasteiger partial charge is 0.314 e. The average molecular weight is 384 g/mol. The lowest BCUT2D eigenvalue weighted by Gasteiger charge is -2.17. The first-order valence-electron chi connectivity index (χ1n) is 9.06. The Morgan fingerprint density at radius 1 is 1.26 bits per heavy atom. The molecule has 0 saturated heterocycles. The Kier molecular flexibility index (Phi) is 5.36. The topological polar surface area (TPSA) is 57.6 Å². The standard InChI is InChI=1S/C22H25NO3S/c1-22(2,21(25)26)19-13-17-16(10-7-11-23(3)4)15-9-6-5-8-14(15)12-18(24)20(17)27-19/h5-6,8-10,13H,7,11-12H2,1-4H3,(H,25,26)/b16-10-. The Morgan fingerprint density at radius 2 is 1.96 bits per heavy atom. The van der Waals surface area contributed by atoms with Gasteiger partial charge in [0.1, 0.15) is 0 Å². The van der Waals surface area contributed by atoms with Crippen molar-refractivity contribution in [3.8, 4) is 0 Å². The van der Waals surface area contributed by atoms with Crippen LogP contribution in [0.4, 0.5) is 0 Å². The van der Waals surface area contributed by atoms with Gasteiger partial charge in [-0.1, -0.05) is 30.3 Å². The summed E-state index contributed by atoms with van der Waals surface area (Å²) in [6.45, 7) is 4.29. The van der Waals surface area contributed by atoms with Crippen molar-refractivity contribution in [3.63, 3.8) is 0 Å². The Morgan fingerprint density at radius 3 is 2.63 bits per heavy atom. The Labute approximate surface area is 164 Å². The van der Waals surface area contributed by atoms with Gasteiger partial charge in [-0.05, 0) is 57.1 Å². The van der Waals surface area contributed by atoms with E-state index in [-0.39, 0.29) is 5.78 Å². The van der Waals surface area contributed by atoms with Crippen LogP contribution in [0.15, 0.2) is 36.4 Å². The summed E-state index contributed by atoms with van der Waals surface area (Å²) in [6, 6.07) is 9.92. The number of Topliss-reactive ketones (excluding diaryl/α,β-unsaturated/α-hetero) is 1. The molecule has 5 heteroatoms. The lowest BCUT2D eigenvalue weighted by Crippen LogP contribution is -2.27. The van der Waals surface area contributed by atoms with Gasteiger partial charge in [0.2, 0.25) is 0 Å². The summed E-state index contributed by atoms with van der Waals surface area (Å²) in [7, 11) is 4.07. The first-order chi connectivity index (χ1) is 12.7. The number of thiophene rings is 1. The molecule has 1 aromatic carbocycles. The number of carboxylic acid groups (broad SMARTS) is 1. The van der Waals surface area contributed by atoms with Gasteiger partial charge in [0.05, 0.1) is 10.3 Å². The van der Waals surface area contributed by atoms with Crippen molar-refractivity contribution in [2.45, 2.75) is 32.1 Å². The fourth-order valence-corrected chi connectivity index (χ4v) is 4.44. The quantitative estimate of drug-likeness (QED) is 0.839. The van der Waals surface area contributed by atoms with Crippen LogP contribution in [0.25, 0.3) is 5.57 Å². The molecule has 0 radical (unpaired) electrons. The normalized spacial score (nSPS) is 15.6. The van der Waals surface area contributed by atoms with E-state index in [1.165, 1.54) is 11.3 Å². The Balaban J connectivity index is 2.18. The number of aliphatic carboxylic acids is 1. The fourth-order valence-electron chi connectivity index (χ4n) is 3.23. The predicted octanol–water partition coefficient (Wildman–Crippen LogP) is 4.23. The minimum absolute atomic E-state index is 0.0610. The van der Waals surface area contributed by atoms with Crippen LogP contribution in [-0.2, 0) is 16.6 Å². The highest BCUT2D eigenvalue weighted by Gasteiger charge is 2.35. The molecule has 4 nitrogen and oxygen atoms in total. The first-order valence-corrected chi connectivity index (χ1v) is 9.88. The van der Waals surface area contributed by atoms with Crippen molar-refractivity contribution >= 4 is 28.7 Å². The van der Waals surface area contributed by atoms with Gasteiger partial charge in [0.15, 0.2) is 5.78 Å². The molecule has 0 bridgehead atoms. The van der Waals surface area contributed by atoms with E-state index in [4.69, 9.17) is 0 Å². The molecule has 0 spiro atoms. The van der Waals surface area contributed by atoms with Crippen molar-refractivity contribution < 1.29 is 14.7 Å². The molecule has 27 heavy (non-hydrogen) atoms. The molecule has 1 aliphatic rings. The number of hydrogen-bond donors (Lipinski definition) is 1. The Bertz CT molecular complexity index is 921. The van der Waals surface area contributed by atoms with E-state index in [9.17, 15) is 14.7 Å². The maximum absolute atomic E-state index is 12.9. The lowest BCUT2D eigenvalue weighted by atomic mass is 9.89. The van der Waals surface area contributed by atoms with E-state index in [2.05, 4.69) is 17.0 Å². The van der Waals surface area contributed by atoms with Gasteiger partial charge in [-0.25, -0.2) is 0 Å². The van der Waals surface area contributed by atoms with E-state index in [1.807, 2.05) is 38.4 Å². The zero-order chi connectivity index (χ0) is 19.8. The molecule has 0 unspecified atom stereocenters. The van der Waals surface area contributed by atoms with Crippen LogP contribution in [-0.4, -0.2) is 42.4 Å². The maximum atomic E-state index is 12.9. The maximum Gasteiger partial charge on any atom is 0.314 e. The molecular weight excluding hydrogens is 358 g/mol. The summed E-state index contributed by atoms with van der Waals surface area (Å²) < 4.78 is 0. The van der Waals surface area contributed by atoms with E-state index in [0.717, 1.165) is 35.2 Å². The zero-order valence-corrected chi connectivity index (χ0v) is 17.0. The van der Waals surface area contributed by atoms with Crippen LogP contribution >= 0.6 is 11.3 Å². The van der Waals surface area contributed by atoms with Crippen LogP contribution in [0.1, 0.15) is 51.5 Å². The third-order valence-corrected chi connectivity index (χ3v) is 6.51. The van der Waals surface area contributed by atoms with Gasteiger partial charge in [-0.2, -0.15) is 0 Å². The first kappa shape index (κ1) is 19.5. The molecule has 1 aliphatic carbocycles.